The number of nitrogens with one attached hydrogen (secondary N) is 1. The third-order valence-electron chi connectivity index (χ3n) is 1.77. The quantitative estimate of drug-likeness (QED) is 0.419. The van der Waals surface area contributed by atoms with Crippen molar-refractivity contribution in [1.82, 2.24) is 0 Å². The van der Waals surface area contributed by atoms with Gasteiger partial charge in [0.2, 0.25) is 0 Å². The molecule has 1 aromatic carbocycles. The zero-order valence-corrected chi connectivity index (χ0v) is 10.2. The SMILES string of the molecule is N=C(N=C(N)N)SCCCOc1ccccc1. The number of para-hydroxylation sites is 1. The second kappa shape index (κ2) is 7.56. The van der Waals surface area contributed by atoms with Gasteiger partial charge >= 0.3 is 0 Å². The van der Waals surface area contributed by atoms with E-state index in [1.165, 1.54) is 11.8 Å². The average Bonchev–Trinajstić information content (AvgIpc) is 2.29. The van der Waals surface area contributed by atoms with Crippen LogP contribution in [0.5, 0.6) is 5.75 Å². The highest BCUT2D eigenvalue weighted by Gasteiger charge is 1.97. The Morgan fingerprint density at radius 3 is 2.65 bits per heavy atom. The number of nitrogens with two attached hydrogens (primary N) is 2. The Kier molecular flexibility index (Phi) is 5.95. The molecule has 0 radical (unpaired) electrons. The number of amidine groups is 1. The highest BCUT2D eigenvalue weighted by molar-refractivity contribution is 8.13. The van der Waals surface area contributed by atoms with E-state index < -0.39 is 0 Å². The van der Waals surface area contributed by atoms with Crippen molar-refractivity contribution in [2.75, 3.05) is 12.4 Å². The first-order valence-corrected chi connectivity index (χ1v) is 6.16. The normalized spacial score (nSPS) is 9.65. The number of guanidine groups is 1. The van der Waals surface area contributed by atoms with Crippen LogP contribution < -0.4 is 16.2 Å². The van der Waals surface area contributed by atoms with Gasteiger partial charge in [0.25, 0.3) is 0 Å². The van der Waals surface area contributed by atoms with Gasteiger partial charge in [-0.3, -0.25) is 5.41 Å². The summed E-state index contributed by atoms with van der Waals surface area (Å²) in [5.41, 5.74) is 10.3. The van der Waals surface area contributed by atoms with Gasteiger partial charge < -0.3 is 16.2 Å². The van der Waals surface area contributed by atoms with E-state index in [-0.39, 0.29) is 11.1 Å². The maximum Gasteiger partial charge on any atom is 0.193 e. The van der Waals surface area contributed by atoms with E-state index in [2.05, 4.69) is 4.99 Å². The maximum absolute atomic E-state index is 7.39. The molecule has 17 heavy (non-hydrogen) atoms. The van der Waals surface area contributed by atoms with E-state index >= 15 is 0 Å². The number of thioether (sulfide) groups is 1. The summed E-state index contributed by atoms with van der Waals surface area (Å²) in [6, 6.07) is 9.62. The van der Waals surface area contributed by atoms with Crippen molar-refractivity contribution < 1.29 is 4.74 Å². The summed E-state index contributed by atoms with van der Waals surface area (Å²) in [7, 11) is 0. The van der Waals surface area contributed by atoms with E-state index in [1.807, 2.05) is 30.3 Å². The number of benzene rings is 1. The summed E-state index contributed by atoms with van der Waals surface area (Å²) >= 11 is 1.30. The van der Waals surface area contributed by atoms with Crippen LogP contribution in [0, 0.1) is 5.41 Å². The molecule has 0 fully saturated rings. The van der Waals surface area contributed by atoms with E-state index in [0.29, 0.717) is 6.61 Å². The van der Waals surface area contributed by atoms with E-state index in [9.17, 15) is 0 Å². The molecule has 92 valence electrons. The number of hydrogen-bond donors (Lipinski definition) is 3. The van der Waals surface area contributed by atoms with Crippen LogP contribution in [0.3, 0.4) is 0 Å². The molecule has 0 saturated heterocycles. The molecule has 0 aliphatic heterocycles. The molecule has 0 amide bonds. The van der Waals surface area contributed by atoms with Crippen LogP contribution in [0.4, 0.5) is 0 Å². The summed E-state index contributed by atoms with van der Waals surface area (Å²) in [5, 5.41) is 7.52. The molecule has 0 unspecified atom stereocenters. The van der Waals surface area contributed by atoms with E-state index in [4.69, 9.17) is 21.6 Å². The molecule has 0 spiro atoms. The number of aliphatic imine (C=N–C) groups is 1. The highest BCUT2D eigenvalue weighted by Crippen LogP contribution is 2.10. The van der Waals surface area contributed by atoms with Gasteiger partial charge in [-0.1, -0.05) is 30.0 Å². The van der Waals surface area contributed by atoms with Gasteiger partial charge in [-0.15, -0.1) is 0 Å². The van der Waals surface area contributed by atoms with Gasteiger partial charge in [-0.2, -0.15) is 4.99 Å². The van der Waals surface area contributed by atoms with Gasteiger partial charge in [0.05, 0.1) is 6.61 Å². The van der Waals surface area contributed by atoms with Crippen LogP contribution in [-0.4, -0.2) is 23.5 Å². The summed E-state index contributed by atoms with van der Waals surface area (Å²) < 4.78 is 5.50. The Hall–Kier alpha value is -1.69. The van der Waals surface area contributed by atoms with Gasteiger partial charge in [-0.05, 0) is 18.6 Å². The Morgan fingerprint density at radius 1 is 1.29 bits per heavy atom. The molecule has 1 rings (SSSR count). The summed E-state index contributed by atoms with van der Waals surface area (Å²) in [6.07, 6.45) is 0.835. The average molecular weight is 252 g/mol. The highest BCUT2D eigenvalue weighted by atomic mass is 32.2. The number of nitrogens with zero attached hydrogens (tertiary/aromatic N) is 1. The molecule has 0 aliphatic rings. The lowest BCUT2D eigenvalue weighted by Crippen LogP contribution is -2.23. The predicted molar refractivity (Wildman–Crippen MR) is 72.5 cm³/mol. The minimum Gasteiger partial charge on any atom is -0.494 e. The molecular weight excluding hydrogens is 236 g/mol. The first-order valence-electron chi connectivity index (χ1n) is 5.17. The first kappa shape index (κ1) is 13.4. The fourth-order valence-corrected chi connectivity index (χ4v) is 1.71. The predicted octanol–water partition coefficient (Wildman–Crippen LogP) is 1.40. The molecule has 5 N–H and O–H groups in total. The topological polar surface area (TPSA) is 97.5 Å². The Bertz CT molecular complexity index is 376. The van der Waals surface area contributed by atoms with Crippen LogP contribution in [0.2, 0.25) is 0 Å². The molecule has 0 aliphatic carbocycles. The van der Waals surface area contributed by atoms with Crippen molar-refractivity contribution in [2.45, 2.75) is 6.42 Å². The van der Waals surface area contributed by atoms with Crippen molar-refractivity contribution in [1.29, 1.82) is 5.41 Å². The van der Waals surface area contributed by atoms with E-state index in [0.717, 1.165) is 17.9 Å². The third-order valence-corrected chi connectivity index (χ3v) is 2.63. The number of ether oxygens (including phenoxy) is 1. The van der Waals surface area contributed by atoms with Crippen LogP contribution in [-0.2, 0) is 0 Å². The summed E-state index contributed by atoms with van der Waals surface area (Å²) in [4.78, 5) is 3.61. The van der Waals surface area contributed by atoms with Crippen LogP contribution in [0.1, 0.15) is 6.42 Å². The minimum atomic E-state index is -0.0805. The summed E-state index contributed by atoms with van der Waals surface area (Å²) in [6.45, 7) is 0.617. The first-order chi connectivity index (χ1) is 8.18. The lowest BCUT2D eigenvalue weighted by atomic mass is 10.3. The largest absolute Gasteiger partial charge is 0.494 e. The number of hydrogen-bond acceptors (Lipinski definition) is 3. The van der Waals surface area contributed by atoms with E-state index in [1.54, 1.807) is 0 Å². The van der Waals surface area contributed by atoms with Crippen LogP contribution in [0.15, 0.2) is 35.3 Å². The lowest BCUT2D eigenvalue weighted by molar-refractivity contribution is 0.319. The second-order valence-electron chi connectivity index (χ2n) is 3.21. The molecule has 0 atom stereocenters. The third kappa shape index (κ3) is 6.47. The molecule has 0 aromatic heterocycles. The fraction of sp³-hybridized carbons (Fsp3) is 0.273. The zero-order valence-electron chi connectivity index (χ0n) is 9.43. The van der Waals surface area contributed by atoms with Crippen molar-refractivity contribution in [2.24, 2.45) is 16.5 Å². The molecule has 0 saturated carbocycles. The van der Waals surface area contributed by atoms with Gasteiger partial charge in [0.15, 0.2) is 11.1 Å². The Morgan fingerprint density at radius 2 is 2.00 bits per heavy atom. The van der Waals surface area contributed by atoms with Crippen molar-refractivity contribution >= 4 is 22.9 Å². The van der Waals surface area contributed by atoms with Gasteiger partial charge in [0.1, 0.15) is 5.75 Å². The summed E-state index contributed by atoms with van der Waals surface area (Å²) in [5.74, 6) is 1.53. The van der Waals surface area contributed by atoms with Crippen molar-refractivity contribution in [3.05, 3.63) is 30.3 Å². The molecule has 0 heterocycles. The van der Waals surface area contributed by atoms with Crippen LogP contribution >= 0.6 is 11.8 Å². The Labute approximate surface area is 105 Å². The fourth-order valence-electron chi connectivity index (χ4n) is 1.08. The molecule has 6 heteroatoms. The molecule has 5 nitrogen and oxygen atoms in total. The van der Waals surface area contributed by atoms with Gasteiger partial charge in [-0.25, -0.2) is 0 Å². The van der Waals surface area contributed by atoms with Crippen LogP contribution in [0.25, 0.3) is 0 Å². The van der Waals surface area contributed by atoms with Crippen molar-refractivity contribution in [3.8, 4) is 5.75 Å². The number of rotatable bonds is 5. The van der Waals surface area contributed by atoms with Gasteiger partial charge in [0, 0.05) is 5.75 Å². The molecule has 1 aromatic rings. The molecular formula is C11H16N4OS. The standard InChI is InChI=1S/C11H16N4OS/c12-10(13)15-11(14)17-8-4-7-16-9-5-2-1-3-6-9/h1-3,5-6H,4,7-8H2,(H5,12,13,14,15). The lowest BCUT2D eigenvalue weighted by Gasteiger charge is -2.04. The Balaban J connectivity index is 2.09. The molecule has 0 bridgehead atoms. The van der Waals surface area contributed by atoms with Crippen molar-refractivity contribution in [3.63, 3.8) is 0 Å². The monoisotopic (exact) mass is 252 g/mol. The second-order valence-corrected chi connectivity index (χ2v) is 4.29. The zero-order chi connectivity index (χ0) is 12.5. The smallest absolute Gasteiger partial charge is 0.193 e. The maximum atomic E-state index is 7.39. The minimum absolute atomic E-state index is 0.0805.